The van der Waals surface area contributed by atoms with Crippen molar-refractivity contribution in [2.75, 3.05) is 13.1 Å². The molecule has 1 heterocycles. The number of primary amides is 1. The van der Waals surface area contributed by atoms with E-state index in [0.29, 0.717) is 25.9 Å². The second-order valence-electron chi connectivity index (χ2n) is 6.84. The third-order valence-corrected chi connectivity index (χ3v) is 5.17. The van der Waals surface area contributed by atoms with Crippen molar-refractivity contribution in [3.05, 3.63) is 35.9 Å². The predicted molar refractivity (Wildman–Crippen MR) is 91.0 cm³/mol. The van der Waals surface area contributed by atoms with Crippen LogP contribution in [0.2, 0.25) is 0 Å². The Hall–Kier alpha value is -1.88. The fourth-order valence-corrected chi connectivity index (χ4v) is 3.67. The lowest BCUT2D eigenvalue weighted by Gasteiger charge is -2.34. The van der Waals surface area contributed by atoms with Crippen LogP contribution in [0.15, 0.2) is 30.3 Å². The standard InChI is InChI=1S/C19H26N2O3/c20-18(22)15-10-12-21(13-11-15)19(23)17(14-6-2-1-3-7-14)24-16-8-4-5-9-16/h1-3,6-7,15-17H,4-5,8-13H2,(H2,20,22)/t17-/m0/s1. The monoisotopic (exact) mass is 330 g/mol. The van der Waals surface area contributed by atoms with Crippen LogP contribution >= 0.6 is 0 Å². The van der Waals surface area contributed by atoms with Gasteiger partial charge in [-0.1, -0.05) is 43.2 Å². The van der Waals surface area contributed by atoms with E-state index in [1.54, 1.807) is 0 Å². The van der Waals surface area contributed by atoms with Crippen molar-refractivity contribution < 1.29 is 14.3 Å². The van der Waals surface area contributed by atoms with Crippen LogP contribution in [0, 0.1) is 5.92 Å². The van der Waals surface area contributed by atoms with E-state index in [0.717, 1.165) is 18.4 Å². The molecule has 0 bridgehead atoms. The molecule has 1 aromatic carbocycles. The Morgan fingerprint density at radius 2 is 1.67 bits per heavy atom. The van der Waals surface area contributed by atoms with Gasteiger partial charge in [0.1, 0.15) is 0 Å². The number of nitrogens with two attached hydrogens (primary N) is 1. The van der Waals surface area contributed by atoms with E-state index >= 15 is 0 Å². The van der Waals surface area contributed by atoms with E-state index in [2.05, 4.69) is 0 Å². The third-order valence-electron chi connectivity index (χ3n) is 5.17. The summed E-state index contributed by atoms with van der Waals surface area (Å²) >= 11 is 0. The molecule has 2 N–H and O–H groups in total. The Morgan fingerprint density at radius 3 is 2.25 bits per heavy atom. The van der Waals surface area contributed by atoms with Crippen LogP contribution in [0.4, 0.5) is 0 Å². The highest BCUT2D eigenvalue weighted by Gasteiger charge is 2.33. The quantitative estimate of drug-likeness (QED) is 0.901. The Balaban J connectivity index is 1.70. The number of benzene rings is 1. The summed E-state index contributed by atoms with van der Waals surface area (Å²) in [4.78, 5) is 26.2. The van der Waals surface area contributed by atoms with Gasteiger partial charge in [0.25, 0.3) is 5.91 Å². The van der Waals surface area contributed by atoms with Gasteiger partial charge in [-0.2, -0.15) is 0 Å². The maximum atomic E-state index is 13.0. The summed E-state index contributed by atoms with van der Waals surface area (Å²) in [6.07, 6.45) is 5.31. The number of rotatable bonds is 5. The van der Waals surface area contributed by atoms with Gasteiger partial charge in [0.2, 0.25) is 5.91 Å². The van der Waals surface area contributed by atoms with Crippen molar-refractivity contribution in [1.29, 1.82) is 0 Å². The highest BCUT2D eigenvalue weighted by Crippen LogP contribution is 2.30. The largest absolute Gasteiger partial charge is 0.369 e. The number of nitrogens with zero attached hydrogens (tertiary/aromatic N) is 1. The van der Waals surface area contributed by atoms with Crippen molar-refractivity contribution in [1.82, 2.24) is 4.90 Å². The average molecular weight is 330 g/mol. The molecule has 1 saturated carbocycles. The van der Waals surface area contributed by atoms with Crippen LogP contribution in [0.5, 0.6) is 0 Å². The van der Waals surface area contributed by atoms with Gasteiger partial charge in [0.05, 0.1) is 6.10 Å². The summed E-state index contributed by atoms with van der Waals surface area (Å²) in [5.74, 6) is -0.361. The lowest BCUT2D eigenvalue weighted by molar-refractivity contribution is -0.150. The molecule has 2 fully saturated rings. The summed E-state index contributed by atoms with van der Waals surface area (Å²) in [5, 5.41) is 0. The zero-order chi connectivity index (χ0) is 16.9. The predicted octanol–water partition coefficient (Wildman–Crippen LogP) is 2.41. The fourth-order valence-electron chi connectivity index (χ4n) is 3.67. The summed E-state index contributed by atoms with van der Waals surface area (Å²) in [7, 11) is 0. The van der Waals surface area contributed by atoms with E-state index in [1.165, 1.54) is 12.8 Å². The molecular weight excluding hydrogens is 304 g/mol. The van der Waals surface area contributed by atoms with Gasteiger partial charge in [-0.05, 0) is 31.2 Å². The minimum Gasteiger partial charge on any atom is -0.369 e. The molecule has 0 radical (unpaired) electrons. The lowest BCUT2D eigenvalue weighted by atomic mass is 9.95. The molecule has 0 spiro atoms. The minimum absolute atomic E-state index is 0.0102. The number of hydrogen-bond donors (Lipinski definition) is 1. The summed E-state index contributed by atoms with van der Waals surface area (Å²) in [6, 6.07) is 9.72. The van der Waals surface area contributed by atoms with E-state index < -0.39 is 6.10 Å². The van der Waals surface area contributed by atoms with Crippen LogP contribution in [0.3, 0.4) is 0 Å². The number of hydrogen-bond acceptors (Lipinski definition) is 3. The van der Waals surface area contributed by atoms with Gasteiger partial charge in [0.15, 0.2) is 6.10 Å². The molecular formula is C19H26N2O3. The first-order valence-electron chi connectivity index (χ1n) is 8.93. The molecule has 3 rings (SSSR count). The maximum Gasteiger partial charge on any atom is 0.256 e. The summed E-state index contributed by atoms with van der Waals surface area (Å²) in [5.41, 5.74) is 6.29. The number of carbonyl (C=O) groups is 2. The Bertz CT molecular complexity index is 561. The van der Waals surface area contributed by atoms with Gasteiger partial charge in [0, 0.05) is 19.0 Å². The molecule has 2 amide bonds. The van der Waals surface area contributed by atoms with Crippen LogP contribution < -0.4 is 5.73 Å². The van der Waals surface area contributed by atoms with E-state index in [1.807, 2.05) is 35.2 Å². The minimum atomic E-state index is -0.542. The number of amides is 2. The van der Waals surface area contributed by atoms with Crippen molar-refractivity contribution >= 4 is 11.8 Å². The van der Waals surface area contributed by atoms with Crippen LogP contribution in [0.1, 0.15) is 50.2 Å². The first-order chi connectivity index (χ1) is 11.6. The third kappa shape index (κ3) is 3.96. The van der Waals surface area contributed by atoms with Gasteiger partial charge in [-0.3, -0.25) is 9.59 Å². The lowest BCUT2D eigenvalue weighted by Crippen LogP contribution is -2.44. The first-order valence-corrected chi connectivity index (χ1v) is 8.93. The number of likely N-dealkylation sites (tertiary alicyclic amines) is 1. The zero-order valence-electron chi connectivity index (χ0n) is 14.0. The Kier molecular flexibility index (Phi) is 5.51. The molecule has 0 unspecified atom stereocenters. The fraction of sp³-hybridized carbons (Fsp3) is 0.579. The number of piperidine rings is 1. The zero-order valence-corrected chi connectivity index (χ0v) is 14.0. The Labute approximate surface area is 143 Å². The summed E-state index contributed by atoms with van der Waals surface area (Å²) in [6.45, 7) is 1.15. The highest BCUT2D eigenvalue weighted by atomic mass is 16.5. The van der Waals surface area contributed by atoms with Crippen molar-refractivity contribution in [3.63, 3.8) is 0 Å². The molecule has 1 aliphatic heterocycles. The SMILES string of the molecule is NC(=O)C1CCN(C(=O)[C@@H](OC2CCCC2)c2ccccc2)CC1. The highest BCUT2D eigenvalue weighted by molar-refractivity contribution is 5.83. The summed E-state index contributed by atoms with van der Waals surface area (Å²) < 4.78 is 6.20. The smallest absolute Gasteiger partial charge is 0.256 e. The normalized spacial score (nSPS) is 20.9. The average Bonchev–Trinajstić information content (AvgIpc) is 3.13. The second-order valence-corrected chi connectivity index (χ2v) is 6.84. The molecule has 1 saturated heterocycles. The van der Waals surface area contributed by atoms with Gasteiger partial charge >= 0.3 is 0 Å². The number of carbonyl (C=O) groups excluding carboxylic acids is 2. The topological polar surface area (TPSA) is 72.6 Å². The van der Waals surface area contributed by atoms with Crippen molar-refractivity contribution in [2.45, 2.75) is 50.7 Å². The van der Waals surface area contributed by atoms with Gasteiger partial charge in [-0.25, -0.2) is 0 Å². The number of ether oxygens (including phenoxy) is 1. The molecule has 5 nitrogen and oxygen atoms in total. The van der Waals surface area contributed by atoms with Crippen LogP contribution in [-0.4, -0.2) is 35.9 Å². The molecule has 5 heteroatoms. The molecule has 1 atom stereocenters. The maximum absolute atomic E-state index is 13.0. The van der Waals surface area contributed by atoms with Gasteiger partial charge in [-0.15, -0.1) is 0 Å². The molecule has 24 heavy (non-hydrogen) atoms. The van der Waals surface area contributed by atoms with Gasteiger partial charge < -0.3 is 15.4 Å². The first kappa shape index (κ1) is 17.0. The molecule has 130 valence electrons. The van der Waals surface area contributed by atoms with Crippen LogP contribution in [0.25, 0.3) is 0 Å². The Morgan fingerprint density at radius 1 is 1.04 bits per heavy atom. The second kappa shape index (κ2) is 7.79. The van der Waals surface area contributed by atoms with Crippen LogP contribution in [-0.2, 0) is 14.3 Å². The van der Waals surface area contributed by atoms with Crippen molar-refractivity contribution in [3.8, 4) is 0 Å². The molecule has 1 aromatic rings. The van der Waals surface area contributed by atoms with E-state index in [4.69, 9.17) is 10.5 Å². The molecule has 1 aliphatic carbocycles. The molecule has 0 aromatic heterocycles. The molecule has 2 aliphatic rings. The van der Waals surface area contributed by atoms with Crippen molar-refractivity contribution in [2.24, 2.45) is 11.7 Å². The van der Waals surface area contributed by atoms with E-state index in [-0.39, 0.29) is 23.8 Å². The van der Waals surface area contributed by atoms with E-state index in [9.17, 15) is 9.59 Å².